The Morgan fingerprint density at radius 2 is 1.00 bits per heavy atom. The van der Waals surface area contributed by atoms with Gasteiger partial charge in [-0.3, -0.25) is 9.03 Å². The summed E-state index contributed by atoms with van der Waals surface area (Å²) in [4.78, 5) is -3.49. The van der Waals surface area contributed by atoms with Crippen LogP contribution in [0.4, 0.5) is 64.1 Å². The Morgan fingerprint density at radius 1 is 0.542 bits per heavy atom. The zero-order valence-electron chi connectivity index (χ0n) is 30.1. The van der Waals surface area contributed by atoms with Crippen LogP contribution in [0.25, 0.3) is 0 Å². The lowest BCUT2D eigenvalue weighted by Crippen LogP contribution is -2.33. The average molecular weight is 891 g/mol. The summed E-state index contributed by atoms with van der Waals surface area (Å²) in [6, 6.07) is 11.3. The van der Waals surface area contributed by atoms with Crippen LogP contribution in [0.3, 0.4) is 0 Å². The minimum Gasteiger partial charge on any atom is -0.497 e. The topological polar surface area (TPSA) is 111 Å². The quantitative estimate of drug-likeness (QED) is 0.0715. The molecule has 0 saturated heterocycles. The van der Waals surface area contributed by atoms with Gasteiger partial charge in [-0.25, -0.2) is 69.5 Å². The molecule has 9 nitrogen and oxygen atoms in total. The van der Waals surface area contributed by atoms with Gasteiger partial charge in [0.05, 0.1) is 39.2 Å². The van der Waals surface area contributed by atoms with Crippen LogP contribution < -0.4 is 23.2 Å². The average Bonchev–Trinajstić information content (AvgIpc) is 3.20. The molecule has 0 aliphatic heterocycles. The first kappa shape index (κ1) is 45.9. The monoisotopic (exact) mass is 890 g/mol. The second-order valence-corrected chi connectivity index (χ2v) is 14.9. The van der Waals surface area contributed by atoms with Crippen molar-refractivity contribution in [1.82, 2.24) is 0 Å². The van der Waals surface area contributed by atoms with Gasteiger partial charge < -0.3 is 14.2 Å². The third-order valence-electron chi connectivity index (χ3n) is 8.03. The smallest absolute Gasteiger partial charge is 0.268 e. The standard InChI is InChI=1S/C22H17F6NO4S.C14H9F6NO3S/c1-32-14-6-3-12(4-7-14)11-29(13-5-8-17(33-2)16(24)9-13)34(30,31)22-15(10-23)18(25)19(26)20(27)21(22)28;1-24-9-3-2-6(4-8(9)16)21-25(22,23)14-7(5-15)10(17)11(18)12(19)13(14)20/h3-9H,10-11H2,1-2H3;2-4,21H,5H2,1H3. The van der Waals surface area contributed by atoms with Gasteiger partial charge in [0, 0.05) is 23.3 Å². The predicted octanol–water partition coefficient (Wildman–Crippen LogP) is 8.93. The molecule has 0 amide bonds. The number of ether oxygens (including phenoxy) is 3. The van der Waals surface area contributed by atoms with Gasteiger partial charge in [0.2, 0.25) is 0 Å². The second kappa shape index (κ2) is 18.4. The molecule has 0 aliphatic rings. The number of benzene rings is 5. The number of methoxy groups -OCH3 is 3. The minimum atomic E-state index is -5.31. The van der Waals surface area contributed by atoms with Gasteiger partial charge in [0.1, 0.15) is 28.9 Å². The molecule has 0 aromatic heterocycles. The fraction of sp³-hybridized carbons (Fsp3) is 0.167. The van der Waals surface area contributed by atoms with E-state index >= 15 is 0 Å². The van der Waals surface area contributed by atoms with E-state index in [1.807, 2.05) is 0 Å². The van der Waals surface area contributed by atoms with Crippen molar-refractivity contribution >= 4 is 31.4 Å². The number of alkyl halides is 2. The number of hydrogen-bond donors (Lipinski definition) is 1. The predicted molar refractivity (Wildman–Crippen MR) is 185 cm³/mol. The summed E-state index contributed by atoms with van der Waals surface area (Å²) in [5, 5.41) is 0. The van der Waals surface area contributed by atoms with Crippen LogP contribution in [-0.4, -0.2) is 38.2 Å². The molecule has 0 radical (unpaired) electrons. The molecule has 59 heavy (non-hydrogen) atoms. The van der Waals surface area contributed by atoms with Crippen molar-refractivity contribution in [3.63, 3.8) is 0 Å². The molecule has 318 valence electrons. The Morgan fingerprint density at radius 3 is 1.46 bits per heavy atom. The summed E-state index contributed by atoms with van der Waals surface area (Å²) in [5.74, 6) is -20.6. The maximum atomic E-state index is 14.6. The van der Waals surface area contributed by atoms with E-state index in [2.05, 4.69) is 4.74 Å². The molecule has 0 heterocycles. The largest absolute Gasteiger partial charge is 0.497 e. The normalized spacial score (nSPS) is 11.4. The molecule has 5 rings (SSSR count). The fourth-order valence-corrected chi connectivity index (χ4v) is 8.21. The maximum absolute atomic E-state index is 14.6. The molecule has 23 heteroatoms. The van der Waals surface area contributed by atoms with Crippen LogP contribution in [0.1, 0.15) is 16.7 Å². The number of nitrogens with one attached hydrogen (secondary N) is 1. The van der Waals surface area contributed by atoms with Crippen LogP contribution in [-0.2, 0) is 39.9 Å². The third-order valence-corrected chi connectivity index (χ3v) is 11.4. The summed E-state index contributed by atoms with van der Waals surface area (Å²) in [6.07, 6.45) is 0. The summed E-state index contributed by atoms with van der Waals surface area (Å²) >= 11 is 0. The Kier molecular flexibility index (Phi) is 14.3. The molecule has 0 saturated carbocycles. The fourth-order valence-electron chi connectivity index (χ4n) is 5.17. The molecular weight excluding hydrogens is 865 g/mol. The molecule has 0 aliphatic carbocycles. The highest BCUT2D eigenvalue weighted by Gasteiger charge is 2.37. The highest BCUT2D eigenvalue weighted by molar-refractivity contribution is 7.93. The molecule has 0 unspecified atom stereocenters. The first-order chi connectivity index (χ1) is 27.7. The van der Waals surface area contributed by atoms with Crippen molar-refractivity contribution < 1.29 is 83.7 Å². The number of nitrogens with zero attached hydrogens (tertiary/aromatic N) is 1. The number of sulfonamides is 2. The lowest BCUT2D eigenvalue weighted by molar-refractivity contribution is 0.371. The van der Waals surface area contributed by atoms with Crippen molar-refractivity contribution in [3.05, 3.63) is 136 Å². The number of rotatable bonds is 13. The summed E-state index contributed by atoms with van der Waals surface area (Å²) in [6.45, 7) is -4.47. The van der Waals surface area contributed by atoms with Crippen LogP contribution in [0.2, 0.25) is 0 Å². The van der Waals surface area contributed by atoms with E-state index < -0.39 is 130 Å². The van der Waals surface area contributed by atoms with Crippen LogP contribution >= 0.6 is 0 Å². The van der Waals surface area contributed by atoms with Gasteiger partial charge in [0.25, 0.3) is 20.0 Å². The molecule has 5 aromatic carbocycles. The molecule has 1 N–H and O–H groups in total. The Hall–Kier alpha value is -5.84. The van der Waals surface area contributed by atoms with Crippen molar-refractivity contribution in [2.24, 2.45) is 0 Å². The first-order valence-electron chi connectivity index (χ1n) is 15.9. The number of anilines is 2. The van der Waals surface area contributed by atoms with Gasteiger partial charge in [-0.2, -0.15) is 0 Å². The van der Waals surface area contributed by atoms with E-state index in [4.69, 9.17) is 9.47 Å². The summed E-state index contributed by atoms with van der Waals surface area (Å²) in [5.41, 5.74) is -3.66. The summed E-state index contributed by atoms with van der Waals surface area (Å²) in [7, 11) is -6.71. The van der Waals surface area contributed by atoms with Crippen molar-refractivity contribution in [2.45, 2.75) is 29.7 Å². The van der Waals surface area contributed by atoms with Crippen molar-refractivity contribution in [2.75, 3.05) is 30.4 Å². The van der Waals surface area contributed by atoms with E-state index in [-0.39, 0.29) is 17.1 Å². The number of halogens is 12. The highest BCUT2D eigenvalue weighted by atomic mass is 32.2. The minimum absolute atomic E-state index is 0.238. The Bertz CT molecular complexity index is 2600. The van der Waals surface area contributed by atoms with Gasteiger partial charge in [0.15, 0.2) is 69.7 Å². The molecule has 5 aromatic rings. The number of hydrogen-bond acceptors (Lipinski definition) is 7. The van der Waals surface area contributed by atoms with E-state index in [0.717, 1.165) is 44.6 Å². The van der Waals surface area contributed by atoms with Gasteiger partial charge in [-0.05, 0) is 42.0 Å². The van der Waals surface area contributed by atoms with Gasteiger partial charge >= 0.3 is 0 Å². The first-order valence-corrected chi connectivity index (χ1v) is 18.8. The van der Waals surface area contributed by atoms with E-state index in [9.17, 15) is 69.5 Å². The van der Waals surface area contributed by atoms with Gasteiger partial charge in [-0.15, -0.1) is 0 Å². The van der Waals surface area contributed by atoms with Crippen LogP contribution in [0.15, 0.2) is 70.5 Å². The molecule has 0 fully saturated rings. The van der Waals surface area contributed by atoms with E-state index in [1.54, 1.807) is 4.72 Å². The van der Waals surface area contributed by atoms with Gasteiger partial charge in [-0.1, -0.05) is 12.1 Å². The zero-order valence-corrected chi connectivity index (χ0v) is 31.7. The maximum Gasteiger partial charge on any atom is 0.268 e. The van der Waals surface area contributed by atoms with Crippen molar-refractivity contribution in [1.29, 1.82) is 0 Å². The molecule has 0 bridgehead atoms. The SMILES string of the molecule is COc1ccc(CN(c2ccc(OC)c(F)c2)S(=O)(=O)c2c(F)c(F)c(F)c(F)c2CF)cc1.COc1ccc(NS(=O)(=O)c2c(F)c(F)c(F)c(F)c2CF)cc1F. The van der Waals surface area contributed by atoms with Crippen LogP contribution in [0.5, 0.6) is 17.2 Å². The Balaban J connectivity index is 0.000000273. The lowest BCUT2D eigenvalue weighted by Gasteiger charge is -2.26. The lowest BCUT2D eigenvalue weighted by atomic mass is 10.2. The van der Waals surface area contributed by atoms with Crippen molar-refractivity contribution in [3.8, 4) is 17.2 Å². The van der Waals surface area contributed by atoms with E-state index in [0.29, 0.717) is 16.1 Å². The third kappa shape index (κ3) is 9.24. The molecule has 0 spiro atoms. The highest BCUT2D eigenvalue weighted by Crippen LogP contribution is 2.36. The van der Waals surface area contributed by atoms with Crippen LogP contribution in [0, 0.1) is 58.2 Å². The Labute approximate surface area is 327 Å². The summed E-state index contributed by atoms with van der Waals surface area (Å²) < 4.78 is 232. The second-order valence-electron chi connectivity index (χ2n) is 11.5. The van der Waals surface area contributed by atoms with E-state index in [1.165, 1.54) is 31.4 Å². The molecular formula is C36H26F12N2O7S2. The molecule has 0 atom stereocenters. The zero-order chi connectivity index (χ0) is 44.1.